The standard InChI is InChI=1S/C18H21ClN2O/c1-21(14-16-5-3-2-4-6-16)12-11-18(22)20-13-15-7-9-17(19)10-8-15/h2-10H,11-14H2,1H3,(H,20,22). The maximum Gasteiger partial charge on any atom is 0.221 e. The molecule has 0 atom stereocenters. The van der Waals surface area contributed by atoms with Gasteiger partial charge in [-0.1, -0.05) is 54.1 Å². The lowest BCUT2D eigenvalue weighted by Gasteiger charge is -2.16. The predicted molar refractivity (Wildman–Crippen MR) is 90.7 cm³/mol. The van der Waals surface area contributed by atoms with Crippen LogP contribution in [0.3, 0.4) is 0 Å². The van der Waals surface area contributed by atoms with Crippen molar-refractivity contribution in [2.24, 2.45) is 0 Å². The topological polar surface area (TPSA) is 32.3 Å². The number of amides is 1. The van der Waals surface area contributed by atoms with E-state index in [1.54, 1.807) is 0 Å². The molecule has 0 spiro atoms. The Morgan fingerprint density at radius 3 is 2.41 bits per heavy atom. The number of benzene rings is 2. The lowest BCUT2D eigenvalue weighted by Crippen LogP contribution is -2.28. The van der Waals surface area contributed by atoms with E-state index in [2.05, 4.69) is 22.3 Å². The number of nitrogens with zero attached hydrogens (tertiary/aromatic N) is 1. The van der Waals surface area contributed by atoms with E-state index in [1.165, 1.54) is 5.56 Å². The highest BCUT2D eigenvalue weighted by Gasteiger charge is 2.05. The summed E-state index contributed by atoms with van der Waals surface area (Å²) in [6, 6.07) is 17.8. The molecule has 0 aliphatic heterocycles. The quantitative estimate of drug-likeness (QED) is 0.848. The number of carbonyl (C=O) groups is 1. The van der Waals surface area contributed by atoms with Crippen LogP contribution in [0, 0.1) is 0 Å². The number of hydrogen-bond donors (Lipinski definition) is 1. The number of rotatable bonds is 7. The highest BCUT2D eigenvalue weighted by molar-refractivity contribution is 6.30. The predicted octanol–water partition coefficient (Wildman–Crippen LogP) is 3.48. The average Bonchev–Trinajstić information content (AvgIpc) is 2.53. The fourth-order valence-electron chi connectivity index (χ4n) is 2.16. The monoisotopic (exact) mass is 316 g/mol. The fourth-order valence-corrected chi connectivity index (χ4v) is 2.28. The Bertz CT molecular complexity index is 584. The summed E-state index contributed by atoms with van der Waals surface area (Å²) in [5.74, 6) is 0.0647. The SMILES string of the molecule is CN(CCC(=O)NCc1ccc(Cl)cc1)Cc1ccccc1. The van der Waals surface area contributed by atoms with E-state index < -0.39 is 0 Å². The van der Waals surface area contributed by atoms with Gasteiger partial charge >= 0.3 is 0 Å². The molecular formula is C18H21ClN2O. The van der Waals surface area contributed by atoms with Crippen LogP contribution < -0.4 is 5.32 Å². The molecule has 2 aromatic carbocycles. The van der Waals surface area contributed by atoms with Gasteiger partial charge in [0, 0.05) is 31.1 Å². The van der Waals surface area contributed by atoms with Crippen LogP contribution in [0.25, 0.3) is 0 Å². The summed E-state index contributed by atoms with van der Waals surface area (Å²) < 4.78 is 0. The van der Waals surface area contributed by atoms with Crippen LogP contribution in [0.2, 0.25) is 5.02 Å². The maximum absolute atomic E-state index is 11.9. The largest absolute Gasteiger partial charge is 0.352 e. The third kappa shape index (κ3) is 5.88. The van der Waals surface area contributed by atoms with Gasteiger partial charge in [0.15, 0.2) is 0 Å². The van der Waals surface area contributed by atoms with Gasteiger partial charge in [0.05, 0.1) is 0 Å². The van der Waals surface area contributed by atoms with Gasteiger partial charge in [0.25, 0.3) is 0 Å². The molecule has 0 saturated carbocycles. The zero-order chi connectivity index (χ0) is 15.8. The number of hydrogen-bond acceptors (Lipinski definition) is 2. The Morgan fingerprint density at radius 1 is 1.05 bits per heavy atom. The molecule has 0 bridgehead atoms. The molecule has 0 aromatic heterocycles. The number of carbonyl (C=O) groups excluding carboxylic acids is 1. The van der Waals surface area contributed by atoms with Crippen LogP contribution >= 0.6 is 11.6 Å². The third-order valence-electron chi connectivity index (χ3n) is 3.42. The Kier molecular flexibility index (Phi) is 6.44. The first-order valence-electron chi connectivity index (χ1n) is 7.37. The number of halogens is 1. The van der Waals surface area contributed by atoms with Crippen LogP contribution in [0.15, 0.2) is 54.6 Å². The van der Waals surface area contributed by atoms with Gasteiger partial charge in [-0.15, -0.1) is 0 Å². The molecule has 0 fully saturated rings. The van der Waals surface area contributed by atoms with Crippen LogP contribution in [0.1, 0.15) is 17.5 Å². The molecule has 4 heteroatoms. The minimum Gasteiger partial charge on any atom is -0.352 e. The van der Waals surface area contributed by atoms with Crippen molar-refractivity contribution in [3.05, 3.63) is 70.7 Å². The second-order valence-electron chi connectivity index (χ2n) is 5.38. The Hall–Kier alpha value is -1.84. The Morgan fingerprint density at radius 2 is 1.73 bits per heavy atom. The van der Waals surface area contributed by atoms with Crippen molar-refractivity contribution in [3.63, 3.8) is 0 Å². The van der Waals surface area contributed by atoms with E-state index >= 15 is 0 Å². The smallest absolute Gasteiger partial charge is 0.221 e. The van der Waals surface area contributed by atoms with E-state index in [0.717, 1.165) is 18.7 Å². The van der Waals surface area contributed by atoms with E-state index in [1.807, 2.05) is 49.5 Å². The molecule has 2 aromatic rings. The zero-order valence-corrected chi connectivity index (χ0v) is 13.5. The molecule has 1 amide bonds. The zero-order valence-electron chi connectivity index (χ0n) is 12.8. The average molecular weight is 317 g/mol. The molecule has 1 N–H and O–H groups in total. The molecule has 0 heterocycles. The van der Waals surface area contributed by atoms with Gasteiger partial charge < -0.3 is 10.2 Å². The van der Waals surface area contributed by atoms with Crippen molar-refractivity contribution in [1.82, 2.24) is 10.2 Å². The summed E-state index contributed by atoms with van der Waals surface area (Å²) in [5, 5.41) is 3.64. The maximum atomic E-state index is 11.9. The molecule has 2 rings (SSSR count). The van der Waals surface area contributed by atoms with Crippen LogP contribution in [-0.4, -0.2) is 24.4 Å². The molecule has 116 valence electrons. The van der Waals surface area contributed by atoms with E-state index in [9.17, 15) is 4.79 Å². The van der Waals surface area contributed by atoms with Crippen molar-refractivity contribution in [1.29, 1.82) is 0 Å². The lowest BCUT2D eigenvalue weighted by molar-refractivity contribution is -0.121. The van der Waals surface area contributed by atoms with E-state index in [0.29, 0.717) is 18.0 Å². The molecule has 0 unspecified atom stereocenters. The van der Waals surface area contributed by atoms with Crippen molar-refractivity contribution in [3.8, 4) is 0 Å². The van der Waals surface area contributed by atoms with E-state index in [4.69, 9.17) is 11.6 Å². The number of nitrogens with one attached hydrogen (secondary N) is 1. The van der Waals surface area contributed by atoms with Gasteiger partial charge in [-0.2, -0.15) is 0 Å². The highest BCUT2D eigenvalue weighted by atomic mass is 35.5. The van der Waals surface area contributed by atoms with Crippen molar-refractivity contribution < 1.29 is 4.79 Å². The first-order chi connectivity index (χ1) is 10.6. The van der Waals surface area contributed by atoms with Gasteiger partial charge in [-0.25, -0.2) is 0 Å². The summed E-state index contributed by atoms with van der Waals surface area (Å²) in [6.07, 6.45) is 0.497. The molecule has 0 aliphatic carbocycles. The third-order valence-corrected chi connectivity index (χ3v) is 3.67. The Balaban J connectivity index is 1.67. The molecule has 0 aliphatic rings. The summed E-state index contributed by atoms with van der Waals surface area (Å²) in [7, 11) is 2.03. The van der Waals surface area contributed by atoms with E-state index in [-0.39, 0.29) is 5.91 Å². The molecule has 22 heavy (non-hydrogen) atoms. The molecule has 0 saturated heterocycles. The minimum atomic E-state index is 0.0647. The minimum absolute atomic E-state index is 0.0647. The van der Waals surface area contributed by atoms with Crippen LogP contribution in [-0.2, 0) is 17.9 Å². The second kappa shape index (κ2) is 8.57. The van der Waals surface area contributed by atoms with Crippen molar-refractivity contribution >= 4 is 17.5 Å². The van der Waals surface area contributed by atoms with Crippen LogP contribution in [0.4, 0.5) is 0 Å². The van der Waals surface area contributed by atoms with Crippen molar-refractivity contribution in [2.45, 2.75) is 19.5 Å². The summed E-state index contributed by atoms with van der Waals surface area (Å²) in [5.41, 5.74) is 2.31. The highest BCUT2D eigenvalue weighted by Crippen LogP contribution is 2.09. The first kappa shape index (κ1) is 16.5. The summed E-state index contributed by atoms with van der Waals surface area (Å²) >= 11 is 5.83. The molecule has 3 nitrogen and oxygen atoms in total. The second-order valence-corrected chi connectivity index (χ2v) is 5.81. The van der Waals surface area contributed by atoms with Gasteiger partial charge in [-0.3, -0.25) is 4.79 Å². The van der Waals surface area contributed by atoms with Crippen LogP contribution in [0.5, 0.6) is 0 Å². The Labute approximate surface area is 136 Å². The van der Waals surface area contributed by atoms with Gasteiger partial charge in [0.1, 0.15) is 0 Å². The van der Waals surface area contributed by atoms with Gasteiger partial charge in [-0.05, 0) is 30.3 Å². The summed E-state index contributed by atoms with van der Waals surface area (Å²) in [6.45, 7) is 2.13. The molecule has 0 radical (unpaired) electrons. The van der Waals surface area contributed by atoms with Crippen molar-refractivity contribution in [2.75, 3.05) is 13.6 Å². The molecular weight excluding hydrogens is 296 g/mol. The lowest BCUT2D eigenvalue weighted by atomic mass is 10.2. The summed E-state index contributed by atoms with van der Waals surface area (Å²) in [4.78, 5) is 14.0. The van der Waals surface area contributed by atoms with Gasteiger partial charge in [0.2, 0.25) is 5.91 Å². The fraction of sp³-hybridized carbons (Fsp3) is 0.278. The normalized spacial score (nSPS) is 10.7. The first-order valence-corrected chi connectivity index (χ1v) is 7.75.